The number of aryl methyl sites for hydroxylation is 1. The molecule has 1 aliphatic carbocycles. The quantitative estimate of drug-likeness (QED) is 0.859. The van der Waals surface area contributed by atoms with Crippen LogP contribution in [-0.4, -0.2) is 35.5 Å². The Hall–Kier alpha value is -1.42. The maximum Gasteiger partial charge on any atom is 0.223 e. The Morgan fingerprint density at radius 3 is 3.00 bits per heavy atom. The number of carbonyl (C=O) groups excluding carboxylic acids is 1. The summed E-state index contributed by atoms with van der Waals surface area (Å²) in [6.07, 6.45) is 7.56. The number of hydrogen-bond acceptors (Lipinski definition) is 3. The van der Waals surface area contributed by atoms with Crippen LogP contribution >= 0.6 is 0 Å². The highest BCUT2D eigenvalue weighted by atomic mass is 16.5. The average Bonchev–Trinajstić information content (AvgIpc) is 3.00. The van der Waals surface area contributed by atoms with E-state index in [-0.39, 0.29) is 6.10 Å². The zero-order valence-electron chi connectivity index (χ0n) is 12.8. The number of nitrogens with zero attached hydrogens (tertiary/aromatic N) is 2. The minimum Gasteiger partial charge on any atom is -0.370 e. The molecule has 1 aromatic heterocycles. The third kappa shape index (κ3) is 3.62. The molecule has 0 unspecified atom stereocenters. The van der Waals surface area contributed by atoms with Crippen molar-refractivity contribution >= 4 is 5.91 Å². The second-order valence-corrected chi connectivity index (χ2v) is 6.28. The van der Waals surface area contributed by atoms with E-state index in [0.29, 0.717) is 25.0 Å². The molecule has 3 rings (SSSR count). The molecule has 0 spiro atoms. The molecule has 4 nitrogen and oxygen atoms in total. The highest BCUT2D eigenvalue weighted by molar-refractivity contribution is 5.76. The van der Waals surface area contributed by atoms with Crippen LogP contribution in [0.4, 0.5) is 0 Å². The lowest BCUT2D eigenvalue weighted by Crippen LogP contribution is -2.42. The number of aromatic nitrogens is 1. The molecule has 4 heteroatoms. The first-order valence-corrected chi connectivity index (χ1v) is 8.04. The molecule has 2 aliphatic rings. The topological polar surface area (TPSA) is 42.4 Å². The number of rotatable bonds is 3. The first-order valence-electron chi connectivity index (χ1n) is 8.04. The van der Waals surface area contributed by atoms with Crippen LogP contribution < -0.4 is 0 Å². The lowest BCUT2D eigenvalue weighted by molar-refractivity contribution is -0.140. The van der Waals surface area contributed by atoms with E-state index in [9.17, 15) is 4.79 Å². The van der Waals surface area contributed by atoms with Gasteiger partial charge in [0.05, 0.1) is 13.2 Å². The normalized spacial score (nSPS) is 23.5. The first kappa shape index (κ1) is 14.5. The van der Waals surface area contributed by atoms with Gasteiger partial charge in [-0.25, -0.2) is 0 Å². The molecule has 1 aliphatic heterocycles. The van der Waals surface area contributed by atoms with Gasteiger partial charge < -0.3 is 9.64 Å². The van der Waals surface area contributed by atoms with Crippen molar-refractivity contribution in [1.82, 2.24) is 9.88 Å². The van der Waals surface area contributed by atoms with E-state index in [1.165, 1.54) is 25.7 Å². The fraction of sp³-hybridized carbons (Fsp3) is 0.647. The minimum absolute atomic E-state index is 0.00650. The van der Waals surface area contributed by atoms with Crippen molar-refractivity contribution in [3.8, 4) is 0 Å². The fourth-order valence-corrected chi connectivity index (χ4v) is 3.44. The van der Waals surface area contributed by atoms with Crippen LogP contribution in [0.5, 0.6) is 0 Å². The number of hydrogen-bond donors (Lipinski definition) is 0. The van der Waals surface area contributed by atoms with Gasteiger partial charge in [0.1, 0.15) is 6.10 Å². The minimum atomic E-state index is -0.00650. The zero-order valence-corrected chi connectivity index (χ0v) is 12.8. The van der Waals surface area contributed by atoms with Gasteiger partial charge in [-0.2, -0.15) is 0 Å². The predicted molar refractivity (Wildman–Crippen MR) is 80.8 cm³/mol. The molecule has 1 saturated heterocycles. The van der Waals surface area contributed by atoms with E-state index >= 15 is 0 Å². The van der Waals surface area contributed by atoms with Crippen LogP contribution in [0, 0.1) is 12.8 Å². The molecule has 2 heterocycles. The summed E-state index contributed by atoms with van der Waals surface area (Å²) in [4.78, 5) is 18.7. The second kappa shape index (κ2) is 6.56. The van der Waals surface area contributed by atoms with E-state index in [2.05, 4.69) is 11.1 Å². The Bertz CT molecular complexity index is 497. The summed E-state index contributed by atoms with van der Waals surface area (Å²) in [5, 5.41) is 0. The summed E-state index contributed by atoms with van der Waals surface area (Å²) in [7, 11) is 0. The number of amides is 1. The molecule has 1 saturated carbocycles. The zero-order chi connectivity index (χ0) is 14.7. The summed E-state index contributed by atoms with van der Waals surface area (Å²) in [6, 6.07) is 4.04. The summed E-state index contributed by atoms with van der Waals surface area (Å²) in [5.41, 5.74) is 2.12. The van der Waals surface area contributed by atoms with E-state index in [4.69, 9.17) is 4.74 Å². The molecule has 114 valence electrons. The fourth-order valence-electron chi connectivity index (χ4n) is 3.44. The largest absolute Gasteiger partial charge is 0.370 e. The number of ether oxygens (including phenoxy) is 1. The summed E-state index contributed by atoms with van der Waals surface area (Å²) in [6.45, 7) is 4.01. The predicted octanol–water partition coefficient (Wildman–Crippen LogP) is 2.87. The number of morpholine rings is 1. The van der Waals surface area contributed by atoms with Crippen molar-refractivity contribution in [3.05, 3.63) is 29.6 Å². The van der Waals surface area contributed by atoms with Gasteiger partial charge in [-0.1, -0.05) is 12.8 Å². The Labute approximate surface area is 126 Å². The molecular weight excluding hydrogens is 264 g/mol. The van der Waals surface area contributed by atoms with E-state index in [0.717, 1.165) is 24.2 Å². The molecule has 1 amide bonds. The van der Waals surface area contributed by atoms with Crippen LogP contribution in [0.15, 0.2) is 18.3 Å². The number of pyridine rings is 1. The molecule has 1 aromatic rings. The molecule has 21 heavy (non-hydrogen) atoms. The van der Waals surface area contributed by atoms with Crippen LogP contribution in [-0.2, 0) is 9.53 Å². The lowest BCUT2D eigenvalue weighted by atomic mass is 10.0. The van der Waals surface area contributed by atoms with Gasteiger partial charge in [0.25, 0.3) is 0 Å². The van der Waals surface area contributed by atoms with Gasteiger partial charge in [-0.05, 0) is 43.4 Å². The Morgan fingerprint density at radius 2 is 2.24 bits per heavy atom. The van der Waals surface area contributed by atoms with Crippen molar-refractivity contribution in [2.24, 2.45) is 5.92 Å². The van der Waals surface area contributed by atoms with E-state index in [1.807, 2.05) is 24.1 Å². The average molecular weight is 288 g/mol. The summed E-state index contributed by atoms with van der Waals surface area (Å²) >= 11 is 0. The smallest absolute Gasteiger partial charge is 0.223 e. The standard InChI is InChI=1S/C17H24N2O2/c1-13-10-15(6-7-18-13)16-12-19(8-9-21-16)17(20)11-14-4-2-3-5-14/h6-7,10,14,16H,2-5,8-9,11-12H2,1H3/t16-/m0/s1. The summed E-state index contributed by atoms with van der Waals surface area (Å²) in [5.74, 6) is 0.919. The van der Waals surface area contributed by atoms with Gasteiger partial charge in [0, 0.05) is 24.9 Å². The van der Waals surface area contributed by atoms with Crippen LogP contribution in [0.25, 0.3) is 0 Å². The molecule has 2 fully saturated rings. The van der Waals surface area contributed by atoms with Crippen molar-refractivity contribution in [2.75, 3.05) is 19.7 Å². The molecule has 0 aromatic carbocycles. The Balaban J connectivity index is 1.61. The maximum atomic E-state index is 12.5. The molecule has 1 atom stereocenters. The van der Waals surface area contributed by atoms with Gasteiger partial charge in [-0.15, -0.1) is 0 Å². The van der Waals surface area contributed by atoms with Crippen molar-refractivity contribution in [1.29, 1.82) is 0 Å². The van der Waals surface area contributed by atoms with Gasteiger partial charge in [0.15, 0.2) is 0 Å². The van der Waals surface area contributed by atoms with Gasteiger partial charge >= 0.3 is 0 Å². The highest BCUT2D eigenvalue weighted by Crippen LogP contribution is 2.29. The third-order valence-corrected chi connectivity index (χ3v) is 4.65. The highest BCUT2D eigenvalue weighted by Gasteiger charge is 2.27. The Morgan fingerprint density at radius 1 is 1.43 bits per heavy atom. The SMILES string of the molecule is Cc1cc([C@@H]2CN(C(=O)CC3CCCC3)CCO2)ccn1. The molecule has 0 N–H and O–H groups in total. The monoisotopic (exact) mass is 288 g/mol. The van der Waals surface area contributed by atoms with Crippen molar-refractivity contribution < 1.29 is 9.53 Å². The number of carbonyl (C=O) groups is 1. The van der Waals surface area contributed by atoms with Crippen LogP contribution in [0.2, 0.25) is 0 Å². The Kier molecular flexibility index (Phi) is 4.54. The van der Waals surface area contributed by atoms with Crippen LogP contribution in [0.1, 0.15) is 49.5 Å². The second-order valence-electron chi connectivity index (χ2n) is 6.28. The van der Waals surface area contributed by atoms with Crippen molar-refractivity contribution in [3.63, 3.8) is 0 Å². The van der Waals surface area contributed by atoms with Gasteiger partial charge in [0.2, 0.25) is 5.91 Å². The maximum absolute atomic E-state index is 12.5. The van der Waals surface area contributed by atoms with Gasteiger partial charge in [-0.3, -0.25) is 9.78 Å². The van der Waals surface area contributed by atoms with E-state index in [1.54, 1.807) is 0 Å². The molecule has 0 radical (unpaired) electrons. The van der Waals surface area contributed by atoms with E-state index < -0.39 is 0 Å². The van der Waals surface area contributed by atoms with Crippen molar-refractivity contribution in [2.45, 2.75) is 45.1 Å². The molecular formula is C17H24N2O2. The lowest BCUT2D eigenvalue weighted by Gasteiger charge is -2.34. The summed E-state index contributed by atoms with van der Waals surface area (Å²) < 4.78 is 5.85. The third-order valence-electron chi connectivity index (χ3n) is 4.65. The first-order chi connectivity index (χ1) is 10.2. The molecule has 0 bridgehead atoms. The van der Waals surface area contributed by atoms with Crippen LogP contribution in [0.3, 0.4) is 0 Å².